The summed E-state index contributed by atoms with van der Waals surface area (Å²) in [4.78, 5) is 13.8. The second-order valence-corrected chi connectivity index (χ2v) is 9.35. The van der Waals surface area contributed by atoms with Crippen molar-refractivity contribution in [3.8, 4) is 22.6 Å². The van der Waals surface area contributed by atoms with Gasteiger partial charge in [0.05, 0.1) is 0 Å². The number of hydrogen-bond donors (Lipinski definition) is 0. The Morgan fingerprint density at radius 2 is 1.28 bits per heavy atom. The highest BCUT2D eigenvalue weighted by Gasteiger charge is 2.06. The van der Waals surface area contributed by atoms with E-state index in [4.69, 9.17) is 0 Å². The molecule has 0 bridgehead atoms. The third-order valence-electron chi connectivity index (χ3n) is 6.06. The van der Waals surface area contributed by atoms with Gasteiger partial charge >= 0.3 is 0 Å². The Balaban J connectivity index is 1.52. The topological polar surface area (TPSA) is 38.7 Å². The molecule has 32 heavy (non-hydrogen) atoms. The monoisotopic (exact) mass is 429 g/mol. The van der Waals surface area contributed by atoms with Crippen LogP contribution in [0.15, 0.2) is 55.0 Å². The Morgan fingerprint density at radius 3 is 1.94 bits per heavy atom. The summed E-state index contributed by atoms with van der Waals surface area (Å²) in [6.45, 7) is 6.84. The number of nitrogens with zero attached hydrogens (tertiary/aromatic N) is 3. The first-order valence-electron chi connectivity index (χ1n) is 12.5. The quantitative estimate of drug-likeness (QED) is 0.258. The summed E-state index contributed by atoms with van der Waals surface area (Å²) in [5.41, 5.74) is 5.75. The van der Waals surface area contributed by atoms with Crippen LogP contribution in [0, 0.1) is 5.92 Å². The zero-order chi connectivity index (χ0) is 22.6. The van der Waals surface area contributed by atoms with Crippen LogP contribution in [0.4, 0.5) is 0 Å². The molecule has 2 heterocycles. The van der Waals surface area contributed by atoms with E-state index >= 15 is 0 Å². The summed E-state index contributed by atoms with van der Waals surface area (Å²) in [6, 6.07) is 13.1. The lowest BCUT2D eigenvalue weighted by Gasteiger charge is -2.07. The Labute approximate surface area is 194 Å². The van der Waals surface area contributed by atoms with Gasteiger partial charge in [0.1, 0.15) is 5.69 Å². The van der Waals surface area contributed by atoms with Gasteiger partial charge in [0.2, 0.25) is 0 Å². The molecule has 0 saturated carbocycles. The molecule has 3 rings (SSSR count). The minimum Gasteiger partial charge on any atom is -0.253 e. The molecule has 0 atom stereocenters. The van der Waals surface area contributed by atoms with Gasteiger partial charge in [-0.3, -0.25) is 4.98 Å². The van der Waals surface area contributed by atoms with Crippen molar-refractivity contribution in [2.75, 3.05) is 0 Å². The van der Waals surface area contributed by atoms with Crippen molar-refractivity contribution in [1.29, 1.82) is 0 Å². The van der Waals surface area contributed by atoms with Crippen molar-refractivity contribution in [3.05, 3.63) is 66.1 Å². The van der Waals surface area contributed by atoms with Crippen LogP contribution in [0.2, 0.25) is 0 Å². The van der Waals surface area contributed by atoms with Crippen LogP contribution in [-0.4, -0.2) is 15.0 Å². The van der Waals surface area contributed by atoms with Gasteiger partial charge in [-0.1, -0.05) is 89.6 Å². The van der Waals surface area contributed by atoms with Gasteiger partial charge in [0.15, 0.2) is 5.82 Å². The molecule has 3 heteroatoms. The summed E-state index contributed by atoms with van der Waals surface area (Å²) in [6.07, 6.45) is 18.4. The summed E-state index contributed by atoms with van der Waals surface area (Å²) in [5.74, 6) is 1.49. The SMILES string of the molecule is CCCCCCCc1ccc(-c2ncc(-c3ccc(CCCCC(C)C)cc3)cn2)nc1. The molecule has 0 aliphatic carbocycles. The van der Waals surface area contributed by atoms with E-state index in [0.29, 0.717) is 5.82 Å². The van der Waals surface area contributed by atoms with E-state index < -0.39 is 0 Å². The Kier molecular flexibility index (Phi) is 9.87. The number of benzene rings is 1. The fourth-order valence-corrected chi connectivity index (χ4v) is 3.99. The minimum absolute atomic E-state index is 0.685. The zero-order valence-corrected chi connectivity index (χ0v) is 20.2. The first kappa shape index (κ1) is 24.1. The van der Waals surface area contributed by atoms with Crippen molar-refractivity contribution in [3.63, 3.8) is 0 Å². The summed E-state index contributed by atoms with van der Waals surface area (Å²) in [5, 5.41) is 0. The average Bonchev–Trinajstić information content (AvgIpc) is 2.83. The number of aromatic nitrogens is 3. The van der Waals surface area contributed by atoms with E-state index in [0.717, 1.165) is 35.6 Å². The molecule has 0 aliphatic rings. The van der Waals surface area contributed by atoms with Crippen molar-refractivity contribution >= 4 is 0 Å². The standard InChI is InChI=1S/C29H39N3/c1-4-5-6-7-8-13-25-16-19-28(30-20-25)29-31-21-27(22-32-29)26-17-14-24(15-18-26)12-10-9-11-23(2)3/h14-23H,4-13H2,1-3H3. The molecule has 0 amide bonds. The van der Waals surface area contributed by atoms with Crippen molar-refractivity contribution in [2.24, 2.45) is 5.92 Å². The van der Waals surface area contributed by atoms with Crippen LogP contribution < -0.4 is 0 Å². The molecule has 0 spiro atoms. The van der Waals surface area contributed by atoms with Crippen LogP contribution in [0.25, 0.3) is 22.6 Å². The van der Waals surface area contributed by atoms with Gasteiger partial charge in [-0.2, -0.15) is 0 Å². The molecule has 0 radical (unpaired) electrons. The van der Waals surface area contributed by atoms with Crippen LogP contribution in [0.5, 0.6) is 0 Å². The predicted molar refractivity (Wildman–Crippen MR) is 136 cm³/mol. The maximum Gasteiger partial charge on any atom is 0.178 e. The number of rotatable bonds is 13. The van der Waals surface area contributed by atoms with Gasteiger partial charge in [-0.15, -0.1) is 0 Å². The highest BCUT2D eigenvalue weighted by molar-refractivity contribution is 5.63. The number of pyridine rings is 1. The molecule has 3 nitrogen and oxygen atoms in total. The zero-order valence-electron chi connectivity index (χ0n) is 20.2. The molecule has 0 N–H and O–H groups in total. The van der Waals surface area contributed by atoms with Gasteiger partial charge in [-0.25, -0.2) is 9.97 Å². The van der Waals surface area contributed by atoms with E-state index in [9.17, 15) is 0 Å². The van der Waals surface area contributed by atoms with E-state index in [1.165, 1.54) is 62.5 Å². The lowest BCUT2D eigenvalue weighted by molar-refractivity contribution is 0.538. The second-order valence-electron chi connectivity index (χ2n) is 9.35. The maximum absolute atomic E-state index is 4.60. The first-order chi connectivity index (χ1) is 15.7. The summed E-state index contributed by atoms with van der Waals surface area (Å²) >= 11 is 0. The van der Waals surface area contributed by atoms with Crippen molar-refractivity contribution in [1.82, 2.24) is 15.0 Å². The molecule has 0 unspecified atom stereocenters. The fourth-order valence-electron chi connectivity index (χ4n) is 3.99. The van der Waals surface area contributed by atoms with Crippen LogP contribution in [-0.2, 0) is 12.8 Å². The molecule has 0 aliphatic heterocycles. The van der Waals surface area contributed by atoms with E-state index in [1.807, 2.05) is 24.7 Å². The number of hydrogen-bond acceptors (Lipinski definition) is 3. The predicted octanol–water partition coefficient (Wildman–Crippen LogP) is 8.09. The Hall–Kier alpha value is -2.55. The third kappa shape index (κ3) is 7.85. The van der Waals surface area contributed by atoms with E-state index in [-0.39, 0.29) is 0 Å². The lowest BCUT2D eigenvalue weighted by atomic mass is 10.0. The van der Waals surface area contributed by atoms with E-state index in [1.54, 1.807) is 0 Å². The summed E-state index contributed by atoms with van der Waals surface area (Å²) < 4.78 is 0. The van der Waals surface area contributed by atoms with Gasteiger partial charge < -0.3 is 0 Å². The largest absolute Gasteiger partial charge is 0.253 e. The van der Waals surface area contributed by atoms with Crippen molar-refractivity contribution < 1.29 is 0 Å². The lowest BCUT2D eigenvalue weighted by Crippen LogP contribution is -1.94. The molecule has 2 aromatic heterocycles. The van der Waals surface area contributed by atoms with Crippen LogP contribution >= 0.6 is 0 Å². The average molecular weight is 430 g/mol. The smallest absolute Gasteiger partial charge is 0.178 e. The van der Waals surface area contributed by atoms with Crippen LogP contribution in [0.1, 0.15) is 83.3 Å². The Bertz CT molecular complexity index is 897. The molecular formula is C29H39N3. The third-order valence-corrected chi connectivity index (χ3v) is 6.06. The molecular weight excluding hydrogens is 390 g/mol. The number of unbranched alkanes of at least 4 members (excludes halogenated alkanes) is 5. The highest BCUT2D eigenvalue weighted by atomic mass is 14.9. The highest BCUT2D eigenvalue weighted by Crippen LogP contribution is 2.21. The van der Waals surface area contributed by atoms with E-state index in [2.05, 4.69) is 66.1 Å². The molecule has 0 saturated heterocycles. The molecule has 170 valence electrons. The fraction of sp³-hybridized carbons (Fsp3) is 0.483. The second kappa shape index (κ2) is 13.1. The van der Waals surface area contributed by atoms with Crippen molar-refractivity contribution in [2.45, 2.75) is 85.0 Å². The normalized spacial score (nSPS) is 11.2. The van der Waals surface area contributed by atoms with Crippen LogP contribution in [0.3, 0.4) is 0 Å². The summed E-state index contributed by atoms with van der Waals surface area (Å²) in [7, 11) is 0. The first-order valence-corrected chi connectivity index (χ1v) is 12.5. The number of aryl methyl sites for hydroxylation is 2. The molecule has 0 fully saturated rings. The molecule has 3 aromatic rings. The van der Waals surface area contributed by atoms with Gasteiger partial charge in [0.25, 0.3) is 0 Å². The molecule has 1 aromatic carbocycles. The maximum atomic E-state index is 4.60. The van der Waals surface area contributed by atoms with Gasteiger partial charge in [0, 0.05) is 24.2 Å². The van der Waals surface area contributed by atoms with Gasteiger partial charge in [-0.05, 0) is 54.4 Å². The Morgan fingerprint density at radius 1 is 0.625 bits per heavy atom. The minimum atomic E-state index is 0.685.